The minimum Gasteiger partial charge on any atom is -0.464 e. The van der Waals surface area contributed by atoms with Gasteiger partial charge in [-0.1, -0.05) is 30.3 Å². The van der Waals surface area contributed by atoms with Crippen molar-refractivity contribution in [2.75, 3.05) is 12.4 Å². The number of rotatable bonds is 3. The van der Waals surface area contributed by atoms with Crippen LogP contribution in [0.4, 0.5) is 5.69 Å². The first-order valence-corrected chi connectivity index (χ1v) is 9.22. The van der Waals surface area contributed by atoms with Crippen molar-refractivity contribution in [3.05, 3.63) is 69.6 Å². The zero-order chi connectivity index (χ0) is 19.0. The first-order chi connectivity index (χ1) is 13.1. The molecule has 2 N–H and O–H groups in total. The predicted octanol–water partition coefficient (Wildman–Crippen LogP) is 4.36. The summed E-state index contributed by atoms with van der Waals surface area (Å²) in [5, 5.41) is 4.52. The smallest absolute Gasteiger partial charge is 0.356 e. The Labute approximate surface area is 168 Å². The Balaban J connectivity index is 1.91. The van der Waals surface area contributed by atoms with Gasteiger partial charge in [0.15, 0.2) is 5.69 Å². The van der Waals surface area contributed by atoms with Gasteiger partial charge in [0, 0.05) is 19.9 Å². The van der Waals surface area contributed by atoms with E-state index in [1.54, 1.807) is 6.07 Å². The summed E-state index contributed by atoms with van der Waals surface area (Å²) in [6.45, 7) is 0. The van der Waals surface area contributed by atoms with E-state index in [2.05, 4.69) is 37.9 Å². The van der Waals surface area contributed by atoms with E-state index in [0.717, 1.165) is 19.9 Å². The number of carbonyl (C=O) groups is 2. The second kappa shape index (κ2) is 6.99. The van der Waals surface area contributed by atoms with E-state index in [9.17, 15) is 9.59 Å². The molecule has 134 valence electrons. The average Bonchev–Trinajstić information content (AvgIpc) is 3.07. The lowest BCUT2D eigenvalue weighted by molar-refractivity contribution is 0.0594. The number of anilines is 1. The molecule has 0 atom stereocenters. The first-order valence-electron chi connectivity index (χ1n) is 8.14. The van der Waals surface area contributed by atoms with Crippen LogP contribution in [0.2, 0.25) is 0 Å². The summed E-state index contributed by atoms with van der Waals surface area (Å²) >= 11 is 2.15. The summed E-state index contributed by atoms with van der Waals surface area (Å²) in [7, 11) is 1.29. The number of carbonyl (C=O) groups excluding carboxylic acids is 2. The number of esters is 1. The fraction of sp³-hybridized carbons (Fsp3) is 0.0500. The number of amides is 1. The maximum Gasteiger partial charge on any atom is 0.356 e. The maximum absolute atomic E-state index is 13.0. The Morgan fingerprint density at radius 2 is 1.81 bits per heavy atom. The summed E-state index contributed by atoms with van der Waals surface area (Å²) in [5.41, 5.74) is 2.34. The zero-order valence-electron chi connectivity index (χ0n) is 14.2. The van der Waals surface area contributed by atoms with E-state index in [1.807, 2.05) is 48.5 Å². The van der Waals surface area contributed by atoms with Crippen LogP contribution in [-0.4, -0.2) is 29.0 Å². The molecule has 0 bridgehead atoms. The molecule has 1 amide bonds. The highest BCUT2D eigenvalue weighted by Gasteiger charge is 2.21. The van der Waals surface area contributed by atoms with Crippen LogP contribution in [0, 0.1) is 3.57 Å². The number of pyridine rings is 1. The second-order valence-electron chi connectivity index (χ2n) is 5.87. The lowest BCUT2D eigenvalue weighted by atomic mass is 10.1. The van der Waals surface area contributed by atoms with Crippen molar-refractivity contribution < 1.29 is 14.3 Å². The number of fused-ring (bicyclic) bond motifs is 3. The zero-order valence-corrected chi connectivity index (χ0v) is 16.4. The van der Waals surface area contributed by atoms with Gasteiger partial charge in [-0.2, -0.15) is 0 Å². The van der Waals surface area contributed by atoms with Crippen LogP contribution >= 0.6 is 22.6 Å². The second-order valence-corrected chi connectivity index (χ2v) is 7.04. The molecule has 2 aromatic carbocycles. The van der Waals surface area contributed by atoms with Crippen molar-refractivity contribution in [1.82, 2.24) is 9.97 Å². The molecule has 0 unspecified atom stereocenters. The van der Waals surface area contributed by atoms with E-state index in [-0.39, 0.29) is 11.4 Å². The number of methoxy groups -OCH3 is 1. The summed E-state index contributed by atoms with van der Waals surface area (Å²) in [6.07, 6.45) is 0. The molecule has 0 saturated carbocycles. The number of aromatic nitrogens is 2. The normalized spacial score (nSPS) is 10.9. The lowest BCUT2D eigenvalue weighted by Crippen LogP contribution is -2.17. The Hall–Kier alpha value is -2.94. The van der Waals surface area contributed by atoms with Crippen LogP contribution in [0.5, 0.6) is 0 Å². The number of ether oxygens (including phenoxy) is 1. The summed E-state index contributed by atoms with van der Waals surface area (Å²) < 4.78 is 5.70. The van der Waals surface area contributed by atoms with Crippen molar-refractivity contribution in [3.8, 4) is 0 Å². The minimum atomic E-state index is -0.592. The monoisotopic (exact) mass is 471 g/mol. The maximum atomic E-state index is 13.0. The van der Waals surface area contributed by atoms with Crippen LogP contribution < -0.4 is 5.32 Å². The highest BCUT2D eigenvalue weighted by molar-refractivity contribution is 14.1. The number of aromatic amines is 1. The summed E-state index contributed by atoms with van der Waals surface area (Å²) in [6, 6.07) is 16.7. The van der Waals surface area contributed by atoms with Gasteiger partial charge >= 0.3 is 5.97 Å². The van der Waals surface area contributed by atoms with Crippen LogP contribution in [-0.2, 0) is 4.74 Å². The van der Waals surface area contributed by atoms with Gasteiger partial charge in [-0.15, -0.1) is 0 Å². The van der Waals surface area contributed by atoms with Crippen molar-refractivity contribution in [2.24, 2.45) is 0 Å². The molecule has 0 saturated heterocycles. The van der Waals surface area contributed by atoms with Gasteiger partial charge in [0.25, 0.3) is 5.91 Å². The molecule has 27 heavy (non-hydrogen) atoms. The molecule has 0 fully saturated rings. The quantitative estimate of drug-likeness (QED) is 0.344. The third kappa shape index (κ3) is 3.14. The molecule has 2 heterocycles. The number of para-hydroxylation sites is 2. The molecule has 7 heteroatoms. The van der Waals surface area contributed by atoms with E-state index in [1.165, 1.54) is 7.11 Å². The van der Waals surface area contributed by atoms with Gasteiger partial charge in [0.1, 0.15) is 5.69 Å². The average molecular weight is 471 g/mol. The topological polar surface area (TPSA) is 84.1 Å². The van der Waals surface area contributed by atoms with Crippen LogP contribution in [0.1, 0.15) is 21.0 Å². The van der Waals surface area contributed by atoms with Crippen molar-refractivity contribution in [3.63, 3.8) is 0 Å². The number of H-pyrrole nitrogens is 1. The van der Waals surface area contributed by atoms with E-state index < -0.39 is 11.9 Å². The SMILES string of the molecule is COC(=O)c1cc2c([nH]c3ccccc32)c(C(=O)Nc2ccccc2I)n1. The van der Waals surface area contributed by atoms with Gasteiger partial charge in [-0.05, 0) is 46.9 Å². The van der Waals surface area contributed by atoms with E-state index in [0.29, 0.717) is 11.2 Å². The number of hydrogen-bond donors (Lipinski definition) is 2. The molecular formula is C20H14IN3O3. The number of halogens is 1. The molecule has 4 rings (SSSR count). The largest absolute Gasteiger partial charge is 0.464 e. The van der Waals surface area contributed by atoms with Crippen LogP contribution in [0.3, 0.4) is 0 Å². The molecule has 0 spiro atoms. The number of hydrogen-bond acceptors (Lipinski definition) is 4. The summed E-state index contributed by atoms with van der Waals surface area (Å²) in [4.78, 5) is 32.6. The molecule has 0 radical (unpaired) electrons. The van der Waals surface area contributed by atoms with Gasteiger partial charge < -0.3 is 15.0 Å². The minimum absolute atomic E-state index is 0.0858. The Morgan fingerprint density at radius 1 is 1.07 bits per heavy atom. The fourth-order valence-corrected chi connectivity index (χ4v) is 3.49. The van der Waals surface area contributed by atoms with Gasteiger partial charge in [0.2, 0.25) is 0 Å². The number of benzene rings is 2. The highest BCUT2D eigenvalue weighted by atomic mass is 127. The van der Waals surface area contributed by atoms with Crippen molar-refractivity contribution >= 4 is 62.0 Å². The molecule has 0 aliphatic carbocycles. The van der Waals surface area contributed by atoms with Gasteiger partial charge in [0.05, 0.1) is 18.3 Å². The Morgan fingerprint density at radius 3 is 2.59 bits per heavy atom. The van der Waals surface area contributed by atoms with Crippen LogP contribution in [0.25, 0.3) is 21.8 Å². The fourth-order valence-electron chi connectivity index (χ4n) is 2.96. The van der Waals surface area contributed by atoms with Crippen LogP contribution in [0.15, 0.2) is 54.6 Å². The lowest BCUT2D eigenvalue weighted by Gasteiger charge is -2.09. The van der Waals surface area contributed by atoms with E-state index in [4.69, 9.17) is 4.74 Å². The Kier molecular flexibility index (Phi) is 4.53. The molecule has 2 aromatic heterocycles. The molecule has 0 aliphatic rings. The van der Waals surface area contributed by atoms with E-state index >= 15 is 0 Å². The van der Waals surface area contributed by atoms with Gasteiger partial charge in [-0.3, -0.25) is 4.79 Å². The third-order valence-corrected chi connectivity index (χ3v) is 5.17. The highest BCUT2D eigenvalue weighted by Crippen LogP contribution is 2.28. The van der Waals surface area contributed by atoms with Crippen molar-refractivity contribution in [2.45, 2.75) is 0 Å². The first kappa shape index (κ1) is 17.5. The third-order valence-electron chi connectivity index (χ3n) is 4.23. The van der Waals surface area contributed by atoms with Gasteiger partial charge in [-0.25, -0.2) is 9.78 Å². The summed E-state index contributed by atoms with van der Waals surface area (Å²) in [5.74, 6) is -0.994. The molecule has 6 nitrogen and oxygen atoms in total. The molecular weight excluding hydrogens is 457 g/mol. The van der Waals surface area contributed by atoms with Crippen molar-refractivity contribution in [1.29, 1.82) is 0 Å². The molecule has 4 aromatic rings. The number of nitrogens with zero attached hydrogens (tertiary/aromatic N) is 1. The Bertz CT molecular complexity index is 1200. The standard InChI is InChI=1S/C20H14IN3O3/c1-27-20(26)16-10-12-11-6-2-4-8-14(11)22-17(12)18(23-16)19(25)24-15-9-5-3-7-13(15)21/h2-10,22H,1H3,(H,24,25). The molecule has 0 aliphatic heterocycles. The number of nitrogens with one attached hydrogen (secondary N) is 2. The predicted molar refractivity (Wildman–Crippen MR) is 112 cm³/mol.